The zero-order valence-electron chi connectivity index (χ0n) is 19.9. The lowest BCUT2D eigenvalue weighted by molar-refractivity contribution is 0.0600. The van der Waals surface area contributed by atoms with Gasteiger partial charge in [0.25, 0.3) is 15.9 Å². The number of anilines is 3. The van der Waals surface area contributed by atoms with Crippen LogP contribution in [0.3, 0.4) is 0 Å². The molecule has 3 aromatic rings. The van der Waals surface area contributed by atoms with Gasteiger partial charge >= 0.3 is 5.97 Å². The number of nitrogens with zero attached hydrogens (tertiary/aromatic N) is 2. The Morgan fingerprint density at radius 3 is 2.42 bits per heavy atom. The van der Waals surface area contributed by atoms with E-state index in [0.717, 1.165) is 47.3 Å². The van der Waals surface area contributed by atoms with E-state index in [2.05, 4.69) is 30.9 Å². The van der Waals surface area contributed by atoms with Crippen LogP contribution in [0.2, 0.25) is 0 Å². The average molecular weight is 593 g/mol. The van der Waals surface area contributed by atoms with E-state index in [9.17, 15) is 18.0 Å². The number of rotatable bonds is 7. The smallest absolute Gasteiger partial charge is 0.337 e. The Morgan fingerprint density at radius 2 is 1.75 bits per heavy atom. The predicted molar refractivity (Wildman–Crippen MR) is 146 cm³/mol. The topological polar surface area (TPSA) is 96.0 Å². The van der Waals surface area contributed by atoms with E-state index in [1.54, 1.807) is 0 Å². The molecule has 1 fully saturated rings. The molecular formula is C25H26BrN3O5S2. The normalized spacial score (nSPS) is 13.8. The van der Waals surface area contributed by atoms with Gasteiger partial charge in [0.15, 0.2) is 0 Å². The second-order valence-corrected chi connectivity index (χ2v) is 12.6. The van der Waals surface area contributed by atoms with Gasteiger partial charge in [-0.25, -0.2) is 13.2 Å². The summed E-state index contributed by atoms with van der Waals surface area (Å²) in [6, 6.07) is 15.1. The van der Waals surface area contributed by atoms with Crippen molar-refractivity contribution in [1.82, 2.24) is 0 Å². The summed E-state index contributed by atoms with van der Waals surface area (Å²) >= 11 is 4.37. The Hall–Kier alpha value is -2.89. The van der Waals surface area contributed by atoms with Crippen LogP contribution >= 0.6 is 27.3 Å². The number of nitrogens with one attached hydrogen (secondary N) is 1. The third-order valence-electron chi connectivity index (χ3n) is 5.99. The van der Waals surface area contributed by atoms with E-state index in [4.69, 9.17) is 0 Å². The van der Waals surface area contributed by atoms with E-state index < -0.39 is 16.0 Å². The van der Waals surface area contributed by atoms with Gasteiger partial charge in [0, 0.05) is 31.5 Å². The minimum atomic E-state index is -3.97. The molecule has 1 aliphatic rings. The molecule has 11 heteroatoms. The Morgan fingerprint density at radius 1 is 1.06 bits per heavy atom. The summed E-state index contributed by atoms with van der Waals surface area (Å²) in [4.78, 5) is 27.2. The third kappa shape index (κ3) is 5.58. The molecule has 1 N–H and O–H groups in total. The third-order valence-corrected chi connectivity index (χ3v) is 10.0. The van der Waals surface area contributed by atoms with E-state index in [1.807, 2.05) is 24.3 Å². The fraction of sp³-hybridized carbons (Fsp3) is 0.280. The van der Waals surface area contributed by atoms with E-state index in [0.29, 0.717) is 20.7 Å². The number of piperidine rings is 1. The zero-order valence-corrected chi connectivity index (χ0v) is 23.1. The van der Waals surface area contributed by atoms with Gasteiger partial charge in [-0.15, -0.1) is 11.3 Å². The second-order valence-electron chi connectivity index (χ2n) is 8.31. The molecule has 0 saturated carbocycles. The summed E-state index contributed by atoms with van der Waals surface area (Å²) in [7, 11) is -1.28. The number of esters is 1. The van der Waals surface area contributed by atoms with Crippen molar-refractivity contribution < 1.29 is 22.7 Å². The molecule has 190 valence electrons. The largest absolute Gasteiger partial charge is 0.465 e. The Labute approximate surface area is 223 Å². The summed E-state index contributed by atoms with van der Waals surface area (Å²) in [5.41, 5.74) is 2.39. The molecule has 1 aromatic heterocycles. The lowest BCUT2D eigenvalue weighted by Gasteiger charge is -2.29. The number of hydrogen-bond donors (Lipinski definition) is 1. The molecule has 2 heterocycles. The predicted octanol–water partition coefficient (Wildman–Crippen LogP) is 5.36. The first kappa shape index (κ1) is 26.2. The first-order chi connectivity index (χ1) is 17.2. The highest BCUT2D eigenvalue weighted by Gasteiger charge is 2.28. The van der Waals surface area contributed by atoms with E-state index in [1.165, 1.54) is 50.9 Å². The van der Waals surface area contributed by atoms with Crippen LogP contribution in [-0.4, -0.2) is 47.5 Å². The SMILES string of the molecule is COC(=O)c1ccc(N(C)S(=O)(=O)c2cc(C(=O)Nc3cccc(N4CCCCC4)c3)sc2Br)cc1. The van der Waals surface area contributed by atoms with Crippen molar-refractivity contribution in [2.45, 2.75) is 24.2 Å². The van der Waals surface area contributed by atoms with Crippen molar-refractivity contribution in [1.29, 1.82) is 0 Å². The van der Waals surface area contributed by atoms with Crippen LogP contribution < -0.4 is 14.5 Å². The number of sulfonamides is 1. The molecule has 0 radical (unpaired) electrons. The van der Waals surface area contributed by atoms with Crippen molar-refractivity contribution in [3.05, 3.63) is 68.8 Å². The minimum Gasteiger partial charge on any atom is -0.465 e. The van der Waals surface area contributed by atoms with E-state index in [-0.39, 0.29) is 15.7 Å². The maximum atomic E-state index is 13.3. The summed E-state index contributed by atoms with van der Waals surface area (Å²) in [6.07, 6.45) is 3.54. The number of halogens is 1. The van der Waals surface area contributed by atoms with Crippen molar-refractivity contribution in [3.63, 3.8) is 0 Å². The molecule has 36 heavy (non-hydrogen) atoms. The molecule has 4 rings (SSSR count). The first-order valence-corrected chi connectivity index (χ1v) is 14.4. The summed E-state index contributed by atoms with van der Waals surface area (Å²) in [5, 5.41) is 2.88. The number of hydrogen-bond acceptors (Lipinski definition) is 7. The lowest BCUT2D eigenvalue weighted by atomic mass is 10.1. The lowest BCUT2D eigenvalue weighted by Crippen LogP contribution is -2.29. The minimum absolute atomic E-state index is 0.0146. The number of benzene rings is 2. The number of carbonyl (C=O) groups excluding carboxylic acids is 2. The van der Waals surface area contributed by atoms with Crippen LogP contribution in [0, 0.1) is 0 Å². The molecule has 1 saturated heterocycles. The first-order valence-electron chi connectivity index (χ1n) is 11.3. The van der Waals surface area contributed by atoms with Crippen LogP contribution in [-0.2, 0) is 14.8 Å². The second kappa shape index (κ2) is 11.0. The van der Waals surface area contributed by atoms with Crippen LogP contribution in [0.15, 0.2) is 63.3 Å². The highest BCUT2D eigenvalue weighted by Crippen LogP contribution is 2.35. The Balaban J connectivity index is 1.51. The Bertz CT molecular complexity index is 1370. The van der Waals surface area contributed by atoms with Crippen molar-refractivity contribution in [2.24, 2.45) is 0 Å². The molecular weight excluding hydrogens is 566 g/mol. The number of amides is 1. The maximum absolute atomic E-state index is 13.3. The number of ether oxygens (including phenoxy) is 1. The molecule has 1 amide bonds. The highest BCUT2D eigenvalue weighted by molar-refractivity contribution is 9.11. The maximum Gasteiger partial charge on any atom is 0.337 e. The van der Waals surface area contributed by atoms with Crippen molar-refractivity contribution in [2.75, 3.05) is 41.8 Å². The fourth-order valence-corrected chi connectivity index (χ4v) is 7.58. The van der Waals surface area contributed by atoms with Crippen LogP contribution in [0.5, 0.6) is 0 Å². The molecule has 0 atom stereocenters. The molecule has 1 aliphatic heterocycles. The quantitative estimate of drug-likeness (QED) is 0.371. The van der Waals surface area contributed by atoms with Crippen LogP contribution in [0.1, 0.15) is 39.3 Å². The molecule has 2 aromatic carbocycles. The number of methoxy groups -OCH3 is 1. The molecule has 0 aliphatic carbocycles. The van der Waals surface area contributed by atoms with Gasteiger partial charge in [0.2, 0.25) is 0 Å². The van der Waals surface area contributed by atoms with Gasteiger partial charge in [-0.1, -0.05) is 6.07 Å². The summed E-state index contributed by atoms with van der Waals surface area (Å²) in [6.45, 7) is 1.99. The van der Waals surface area contributed by atoms with Gasteiger partial charge in [-0.2, -0.15) is 0 Å². The standard InChI is InChI=1S/C25H26BrN3O5S2/c1-28(19-11-9-17(10-12-19)25(31)34-2)36(32,33)22-16-21(35-23(22)26)24(30)27-18-7-6-8-20(15-18)29-13-4-3-5-14-29/h6-12,15-16H,3-5,13-14H2,1-2H3,(H,27,30). The van der Waals surface area contributed by atoms with Crippen LogP contribution in [0.25, 0.3) is 0 Å². The molecule has 8 nitrogen and oxygen atoms in total. The highest BCUT2D eigenvalue weighted by atomic mass is 79.9. The summed E-state index contributed by atoms with van der Waals surface area (Å²) in [5.74, 6) is -0.896. The van der Waals surface area contributed by atoms with Gasteiger partial charge in [0.05, 0.1) is 27.0 Å². The molecule has 0 spiro atoms. The average Bonchev–Trinajstić information content (AvgIpc) is 3.31. The molecule has 0 unspecified atom stereocenters. The van der Waals surface area contributed by atoms with Gasteiger partial charge < -0.3 is 15.0 Å². The van der Waals surface area contributed by atoms with Gasteiger partial charge in [-0.3, -0.25) is 9.10 Å². The molecule has 0 bridgehead atoms. The summed E-state index contributed by atoms with van der Waals surface area (Å²) < 4.78 is 32.7. The van der Waals surface area contributed by atoms with E-state index >= 15 is 0 Å². The van der Waals surface area contributed by atoms with Crippen molar-refractivity contribution >= 4 is 66.2 Å². The number of thiophene rings is 1. The van der Waals surface area contributed by atoms with Gasteiger partial charge in [0.1, 0.15) is 4.90 Å². The monoisotopic (exact) mass is 591 g/mol. The van der Waals surface area contributed by atoms with Gasteiger partial charge in [-0.05, 0) is 83.7 Å². The Kier molecular flexibility index (Phi) is 8.01. The van der Waals surface area contributed by atoms with Crippen LogP contribution in [0.4, 0.5) is 17.1 Å². The van der Waals surface area contributed by atoms with Crippen molar-refractivity contribution in [3.8, 4) is 0 Å². The fourth-order valence-electron chi connectivity index (χ4n) is 3.98. The zero-order chi connectivity index (χ0) is 25.9. The number of carbonyl (C=O) groups is 2.